The van der Waals surface area contributed by atoms with E-state index in [1.165, 1.54) is 12.1 Å². The average Bonchev–Trinajstić information content (AvgIpc) is 2.63. The van der Waals surface area contributed by atoms with Crippen LogP contribution < -0.4 is 5.32 Å². The number of Topliss-reactive ketones (excluding diaryl/α,β-unsaturated/α-hetero) is 2. The van der Waals surface area contributed by atoms with Crippen molar-refractivity contribution in [1.29, 1.82) is 5.26 Å². The number of aliphatic hydroxyl groups is 1. The second kappa shape index (κ2) is 8.29. The first kappa shape index (κ1) is 20.6. The number of nitrogens with zero attached hydrogens (tertiary/aromatic N) is 1. The number of phenols is 2. The molecule has 142 valence electrons. The molecule has 0 radical (unpaired) electrons. The molecule has 4 N–H and O–H groups in total. The highest BCUT2D eigenvalue weighted by molar-refractivity contribution is 7.80. The molecule has 0 spiro atoms. The largest absolute Gasteiger partial charge is 0.504 e. The zero-order valence-electron chi connectivity index (χ0n) is 14.9. The number of rotatable bonds is 4. The van der Waals surface area contributed by atoms with E-state index < -0.39 is 23.6 Å². The Morgan fingerprint density at radius 3 is 2.67 bits per heavy atom. The van der Waals surface area contributed by atoms with Gasteiger partial charge in [0.1, 0.15) is 11.1 Å². The average molecular weight is 388 g/mol. The van der Waals surface area contributed by atoms with E-state index in [0.29, 0.717) is 11.1 Å². The number of hydrogen-bond acceptors (Lipinski definition) is 7. The van der Waals surface area contributed by atoms with Crippen molar-refractivity contribution >= 4 is 34.8 Å². The monoisotopic (exact) mass is 388 g/mol. The molecule has 0 amide bonds. The van der Waals surface area contributed by atoms with Gasteiger partial charge in [0.25, 0.3) is 0 Å². The van der Waals surface area contributed by atoms with Gasteiger partial charge in [-0.05, 0) is 42.2 Å². The number of aryl methyl sites for hydroxylation is 1. The van der Waals surface area contributed by atoms with Gasteiger partial charge >= 0.3 is 0 Å². The molecule has 1 aliphatic carbocycles. The number of hydrogen-bond donors (Lipinski definition) is 4. The lowest BCUT2D eigenvalue weighted by Crippen LogP contribution is -2.47. The summed E-state index contributed by atoms with van der Waals surface area (Å²) in [6, 6.07) is 4.87. The Labute approximate surface area is 161 Å². The molecule has 2 rings (SSSR count). The molecule has 1 saturated carbocycles. The van der Waals surface area contributed by atoms with Crippen LogP contribution in [0.2, 0.25) is 0 Å². The van der Waals surface area contributed by atoms with Gasteiger partial charge in [0.05, 0.1) is 5.57 Å². The number of nitriles is 1. The van der Waals surface area contributed by atoms with Crippen LogP contribution in [-0.4, -0.2) is 44.5 Å². The van der Waals surface area contributed by atoms with Crippen LogP contribution in [0.1, 0.15) is 24.5 Å². The van der Waals surface area contributed by atoms with Crippen molar-refractivity contribution in [3.05, 3.63) is 28.8 Å². The number of phenolic OH excluding ortho intramolecular Hbond substituents is 2. The molecule has 3 atom stereocenters. The molecule has 1 fully saturated rings. The number of nitrogens with one attached hydrogen (secondary N) is 1. The highest BCUT2D eigenvalue weighted by Gasteiger charge is 2.39. The maximum absolute atomic E-state index is 11.9. The third kappa shape index (κ3) is 4.51. The molecule has 0 aliphatic heterocycles. The Hall–Kier alpha value is -2.76. The predicted molar refractivity (Wildman–Crippen MR) is 102 cm³/mol. The smallest absolute Gasteiger partial charge is 0.172 e. The summed E-state index contributed by atoms with van der Waals surface area (Å²) in [7, 11) is 0. The van der Waals surface area contributed by atoms with Crippen molar-refractivity contribution < 1.29 is 24.9 Å². The summed E-state index contributed by atoms with van der Waals surface area (Å²) in [5.74, 6) is -2.37. The molecular weight excluding hydrogens is 368 g/mol. The maximum Gasteiger partial charge on any atom is 0.172 e. The summed E-state index contributed by atoms with van der Waals surface area (Å²) in [6.45, 7) is 3.47. The first-order chi connectivity index (χ1) is 12.6. The zero-order chi connectivity index (χ0) is 20.3. The molecule has 0 bridgehead atoms. The van der Waals surface area contributed by atoms with E-state index in [2.05, 4.69) is 5.32 Å². The van der Waals surface area contributed by atoms with Gasteiger partial charge < -0.3 is 20.6 Å². The Bertz CT molecular complexity index is 848. The standard InChI is InChI=1S/C19H20N2O5S/c1-9-3-11(5-14(22)16(9)24)4-12(7-20)19(27)21-8-13-6-15(23)18(26)17(25)10(13)2/h3-5,10,13,18,22,24,26H,6,8H2,1-2H3,(H,21,27)/b12-4+. The third-order valence-electron chi connectivity index (χ3n) is 4.70. The van der Waals surface area contributed by atoms with Gasteiger partial charge in [-0.1, -0.05) is 19.1 Å². The van der Waals surface area contributed by atoms with Gasteiger partial charge in [-0.25, -0.2) is 0 Å². The quantitative estimate of drug-likeness (QED) is 0.200. The van der Waals surface area contributed by atoms with E-state index in [1.54, 1.807) is 19.9 Å². The fraction of sp³-hybridized carbons (Fsp3) is 0.368. The maximum atomic E-state index is 11.9. The fourth-order valence-electron chi connectivity index (χ4n) is 2.94. The van der Waals surface area contributed by atoms with E-state index in [9.17, 15) is 30.2 Å². The molecule has 1 aromatic rings. The molecule has 27 heavy (non-hydrogen) atoms. The van der Waals surface area contributed by atoms with Crippen LogP contribution in [0.15, 0.2) is 17.7 Å². The lowest BCUT2D eigenvalue weighted by molar-refractivity contribution is -0.146. The molecule has 0 heterocycles. The lowest BCUT2D eigenvalue weighted by atomic mass is 9.77. The SMILES string of the molecule is Cc1cc(/C=C(\C#N)C(=S)NCC2CC(=O)C(O)C(=O)C2C)cc(O)c1O. The van der Waals surface area contributed by atoms with Crippen LogP contribution in [0.25, 0.3) is 6.08 Å². The number of aromatic hydroxyl groups is 2. The van der Waals surface area contributed by atoms with Crippen LogP contribution in [0.4, 0.5) is 0 Å². The normalized spacial score (nSPS) is 23.0. The summed E-state index contributed by atoms with van der Waals surface area (Å²) in [6.07, 6.45) is -0.0326. The third-order valence-corrected chi connectivity index (χ3v) is 5.06. The van der Waals surface area contributed by atoms with Crippen molar-refractivity contribution in [2.75, 3.05) is 6.54 Å². The van der Waals surface area contributed by atoms with E-state index in [-0.39, 0.29) is 40.9 Å². The van der Waals surface area contributed by atoms with Crippen molar-refractivity contribution in [3.63, 3.8) is 0 Å². The van der Waals surface area contributed by atoms with Crippen LogP contribution >= 0.6 is 12.2 Å². The topological polar surface area (TPSA) is 131 Å². The first-order valence-electron chi connectivity index (χ1n) is 8.32. The van der Waals surface area contributed by atoms with Crippen LogP contribution in [0, 0.1) is 30.1 Å². The summed E-state index contributed by atoms with van der Waals surface area (Å²) < 4.78 is 0. The number of carbonyl (C=O) groups is 2. The zero-order valence-corrected chi connectivity index (χ0v) is 15.7. The summed E-state index contributed by atoms with van der Waals surface area (Å²) in [5.41, 5.74) is 1.07. The van der Waals surface area contributed by atoms with Crippen molar-refractivity contribution in [1.82, 2.24) is 5.32 Å². The minimum Gasteiger partial charge on any atom is -0.504 e. The molecule has 1 aromatic carbocycles. The van der Waals surface area contributed by atoms with Gasteiger partial charge in [0, 0.05) is 18.9 Å². The molecular formula is C19H20N2O5S. The molecule has 0 saturated heterocycles. The van der Waals surface area contributed by atoms with Gasteiger partial charge in [-0.2, -0.15) is 5.26 Å². The highest BCUT2D eigenvalue weighted by atomic mass is 32.1. The second-order valence-corrected chi connectivity index (χ2v) is 7.02. The fourth-order valence-corrected chi connectivity index (χ4v) is 3.13. The summed E-state index contributed by atoms with van der Waals surface area (Å²) >= 11 is 5.22. The van der Waals surface area contributed by atoms with Crippen molar-refractivity contribution in [3.8, 4) is 17.6 Å². The molecule has 1 aliphatic rings. The first-order valence-corrected chi connectivity index (χ1v) is 8.73. The Morgan fingerprint density at radius 2 is 2.07 bits per heavy atom. The van der Waals surface area contributed by atoms with E-state index in [1.807, 2.05) is 6.07 Å². The van der Waals surface area contributed by atoms with Crippen molar-refractivity contribution in [2.24, 2.45) is 11.8 Å². The van der Waals surface area contributed by atoms with E-state index >= 15 is 0 Å². The number of benzene rings is 1. The van der Waals surface area contributed by atoms with Gasteiger partial charge in [-0.15, -0.1) is 0 Å². The molecule has 8 heteroatoms. The molecule has 3 unspecified atom stereocenters. The number of aliphatic hydroxyl groups excluding tert-OH is 1. The minimum absolute atomic E-state index is 0.0559. The number of carbonyl (C=O) groups excluding carboxylic acids is 2. The Balaban J connectivity index is 2.11. The van der Waals surface area contributed by atoms with E-state index in [0.717, 1.165) is 0 Å². The molecule has 7 nitrogen and oxygen atoms in total. The highest BCUT2D eigenvalue weighted by Crippen LogP contribution is 2.30. The van der Waals surface area contributed by atoms with Gasteiger partial charge in [0.15, 0.2) is 29.2 Å². The van der Waals surface area contributed by atoms with E-state index in [4.69, 9.17) is 12.2 Å². The Morgan fingerprint density at radius 1 is 1.41 bits per heavy atom. The van der Waals surface area contributed by atoms with Gasteiger partial charge in [-0.3, -0.25) is 9.59 Å². The molecule has 0 aromatic heterocycles. The lowest BCUT2D eigenvalue weighted by Gasteiger charge is -2.29. The van der Waals surface area contributed by atoms with Crippen LogP contribution in [0.5, 0.6) is 11.5 Å². The van der Waals surface area contributed by atoms with Crippen LogP contribution in [-0.2, 0) is 9.59 Å². The second-order valence-electron chi connectivity index (χ2n) is 6.61. The van der Waals surface area contributed by atoms with Crippen LogP contribution in [0.3, 0.4) is 0 Å². The summed E-state index contributed by atoms with van der Waals surface area (Å²) in [4.78, 5) is 23.7. The predicted octanol–water partition coefficient (Wildman–Crippen LogP) is 1.39. The number of ketones is 2. The number of thiocarbonyl (C=S) groups is 1. The minimum atomic E-state index is -1.55. The Kier molecular flexibility index (Phi) is 6.31. The van der Waals surface area contributed by atoms with Crippen molar-refractivity contribution in [2.45, 2.75) is 26.4 Å². The van der Waals surface area contributed by atoms with Gasteiger partial charge in [0.2, 0.25) is 0 Å². The summed E-state index contributed by atoms with van der Waals surface area (Å²) in [5, 5.41) is 41.1.